The van der Waals surface area contributed by atoms with Crippen LogP contribution in [0.5, 0.6) is 0 Å². The Balaban J connectivity index is 2.29. The first-order valence-corrected chi connectivity index (χ1v) is 8.06. The SMILES string of the molecule is CC[C@H](C)N(Cc1ccsc1)C(=O)c1cccnc1NC. The lowest BCUT2D eigenvalue weighted by atomic mass is 10.1. The van der Waals surface area contributed by atoms with Gasteiger partial charge in [0.2, 0.25) is 0 Å². The number of amides is 1. The molecule has 2 aromatic rings. The Hall–Kier alpha value is -1.88. The van der Waals surface area contributed by atoms with E-state index in [2.05, 4.69) is 35.6 Å². The smallest absolute Gasteiger partial charge is 0.258 e. The third-order valence-electron chi connectivity index (χ3n) is 3.59. The standard InChI is InChI=1S/C16H21N3OS/c1-4-12(2)19(10-13-7-9-21-11-13)16(20)14-6-5-8-18-15(14)17-3/h5-9,11-12H,4,10H2,1-3H3,(H,17,18)/t12-/m0/s1. The third-order valence-corrected chi connectivity index (χ3v) is 4.32. The summed E-state index contributed by atoms with van der Waals surface area (Å²) in [4.78, 5) is 19.0. The highest BCUT2D eigenvalue weighted by Crippen LogP contribution is 2.20. The highest BCUT2D eigenvalue weighted by molar-refractivity contribution is 7.07. The minimum atomic E-state index is 0.0213. The molecule has 112 valence electrons. The van der Waals surface area contributed by atoms with Crippen LogP contribution in [0.3, 0.4) is 0 Å². The van der Waals surface area contributed by atoms with Crippen LogP contribution in [0.15, 0.2) is 35.2 Å². The fraction of sp³-hybridized carbons (Fsp3) is 0.375. The summed E-state index contributed by atoms with van der Waals surface area (Å²) in [5.74, 6) is 0.647. The Morgan fingerprint density at radius 3 is 2.90 bits per heavy atom. The zero-order valence-electron chi connectivity index (χ0n) is 12.7. The van der Waals surface area contributed by atoms with Crippen molar-refractivity contribution in [3.05, 3.63) is 46.3 Å². The van der Waals surface area contributed by atoms with E-state index in [1.807, 2.05) is 16.3 Å². The molecule has 1 atom stereocenters. The largest absolute Gasteiger partial charge is 0.372 e. The maximum Gasteiger partial charge on any atom is 0.258 e. The van der Waals surface area contributed by atoms with E-state index in [9.17, 15) is 4.79 Å². The molecule has 1 amide bonds. The molecule has 0 bridgehead atoms. The van der Waals surface area contributed by atoms with Crippen molar-refractivity contribution in [1.29, 1.82) is 0 Å². The van der Waals surface area contributed by atoms with E-state index in [0.29, 0.717) is 17.9 Å². The van der Waals surface area contributed by atoms with Crippen LogP contribution in [0, 0.1) is 0 Å². The molecule has 0 fully saturated rings. The van der Waals surface area contributed by atoms with Crippen molar-refractivity contribution >= 4 is 23.1 Å². The number of hydrogen-bond acceptors (Lipinski definition) is 4. The lowest BCUT2D eigenvalue weighted by Gasteiger charge is -2.29. The van der Waals surface area contributed by atoms with Crippen LogP contribution in [0.1, 0.15) is 36.2 Å². The van der Waals surface area contributed by atoms with Crippen molar-refractivity contribution in [3.8, 4) is 0 Å². The fourth-order valence-corrected chi connectivity index (χ4v) is 2.82. The van der Waals surface area contributed by atoms with Gasteiger partial charge in [-0.2, -0.15) is 11.3 Å². The normalized spacial score (nSPS) is 12.0. The minimum Gasteiger partial charge on any atom is -0.372 e. The maximum absolute atomic E-state index is 12.9. The average Bonchev–Trinajstić information content (AvgIpc) is 3.04. The first kappa shape index (κ1) is 15.5. The van der Waals surface area contributed by atoms with E-state index in [0.717, 1.165) is 6.42 Å². The molecule has 2 heterocycles. The number of aromatic nitrogens is 1. The second-order valence-corrected chi connectivity index (χ2v) is 5.75. The Bertz CT molecular complexity index is 583. The Kier molecular flexibility index (Phi) is 5.33. The van der Waals surface area contributed by atoms with Crippen molar-refractivity contribution in [1.82, 2.24) is 9.88 Å². The summed E-state index contributed by atoms with van der Waals surface area (Å²) in [5.41, 5.74) is 1.79. The fourth-order valence-electron chi connectivity index (χ4n) is 2.16. The van der Waals surface area contributed by atoms with Gasteiger partial charge in [-0.15, -0.1) is 0 Å². The second-order valence-electron chi connectivity index (χ2n) is 4.97. The van der Waals surface area contributed by atoms with Crippen molar-refractivity contribution in [2.45, 2.75) is 32.9 Å². The Labute approximate surface area is 129 Å². The topological polar surface area (TPSA) is 45.2 Å². The van der Waals surface area contributed by atoms with Gasteiger partial charge in [0.05, 0.1) is 5.56 Å². The van der Waals surface area contributed by atoms with Gasteiger partial charge in [0.25, 0.3) is 5.91 Å². The first-order valence-electron chi connectivity index (χ1n) is 7.12. The van der Waals surface area contributed by atoms with Crippen molar-refractivity contribution in [3.63, 3.8) is 0 Å². The van der Waals surface area contributed by atoms with E-state index in [1.165, 1.54) is 5.56 Å². The van der Waals surface area contributed by atoms with E-state index in [4.69, 9.17) is 0 Å². The van der Waals surface area contributed by atoms with Crippen LogP contribution in [0.25, 0.3) is 0 Å². The molecule has 0 aromatic carbocycles. The lowest BCUT2D eigenvalue weighted by Crippen LogP contribution is -2.38. The van der Waals surface area contributed by atoms with E-state index >= 15 is 0 Å². The number of rotatable bonds is 6. The van der Waals surface area contributed by atoms with Crippen molar-refractivity contribution in [2.24, 2.45) is 0 Å². The molecular formula is C16H21N3OS. The summed E-state index contributed by atoms with van der Waals surface area (Å²) in [6.07, 6.45) is 2.61. The highest BCUT2D eigenvalue weighted by atomic mass is 32.1. The van der Waals surface area contributed by atoms with Crippen LogP contribution >= 0.6 is 11.3 Å². The predicted molar refractivity (Wildman–Crippen MR) is 87.7 cm³/mol. The van der Waals surface area contributed by atoms with Gasteiger partial charge in [0.15, 0.2) is 0 Å². The van der Waals surface area contributed by atoms with Gasteiger partial charge in [0, 0.05) is 25.8 Å². The van der Waals surface area contributed by atoms with Gasteiger partial charge in [-0.25, -0.2) is 4.98 Å². The summed E-state index contributed by atoms with van der Waals surface area (Å²) in [6.45, 7) is 4.82. The minimum absolute atomic E-state index is 0.0213. The van der Waals surface area contributed by atoms with Crippen LogP contribution in [0.4, 0.5) is 5.82 Å². The van der Waals surface area contributed by atoms with Gasteiger partial charge >= 0.3 is 0 Å². The van der Waals surface area contributed by atoms with Gasteiger partial charge in [-0.1, -0.05) is 6.92 Å². The van der Waals surface area contributed by atoms with Crippen molar-refractivity contribution in [2.75, 3.05) is 12.4 Å². The Morgan fingerprint density at radius 1 is 1.48 bits per heavy atom. The summed E-state index contributed by atoms with van der Waals surface area (Å²) in [7, 11) is 1.78. The van der Waals surface area contributed by atoms with Gasteiger partial charge in [-0.3, -0.25) is 4.79 Å². The number of thiophene rings is 1. The van der Waals surface area contributed by atoms with Crippen molar-refractivity contribution < 1.29 is 4.79 Å². The Morgan fingerprint density at radius 2 is 2.29 bits per heavy atom. The molecule has 1 N–H and O–H groups in total. The summed E-state index contributed by atoms with van der Waals surface area (Å²) in [6, 6.07) is 5.87. The highest BCUT2D eigenvalue weighted by Gasteiger charge is 2.23. The number of nitrogens with zero attached hydrogens (tertiary/aromatic N) is 2. The van der Waals surface area contributed by atoms with E-state index in [-0.39, 0.29) is 11.9 Å². The van der Waals surface area contributed by atoms with Crippen LogP contribution in [-0.2, 0) is 6.54 Å². The van der Waals surface area contributed by atoms with E-state index < -0.39 is 0 Å². The monoisotopic (exact) mass is 303 g/mol. The molecule has 21 heavy (non-hydrogen) atoms. The number of nitrogens with one attached hydrogen (secondary N) is 1. The lowest BCUT2D eigenvalue weighted by molar-refractivity contribution is 0.0672. The molecule has 0 saturated carbocycles. The molecule has 0 spiro atoms. The van der Waals surface area contributed by atoms with Gasteiger partial charge in [-0.05, 0) is 47.9 Å². The maximum atomic E-state index is 12.9. The summed E-state index contributed by atoms with van der Waals surface area (Å²) < 4.78 is 0. The molecule has 2 aromatic heterocycles. The predicted octanol–water partition coefficient (Wildman–Crippen LogP) is 3.63. The van der Waals surface area contributed by atoms with Crippen LogP contribution in [-0.4, -0.2) is 28.9 Å². The van der Waals surface area contributed by atoms with Gasteiger partial charge < -0.3 is 10.2 Å². The molecule has 0 aliphatic heterocycles. The number of hydrogen-bond donors (Lipinski definition) is 1. The third kappa shape index (κ3) is 3.61. The first-order chi connectivity index (χ1) is 10.2. The molecule has 0 aliphatic carbocycles. The zero-order chi connectivity index (χ0) is 15.2. The van der Waals surface area contributed by atoms with Crippen LogP contribution in [0.2, 0.25) is 0 Å². The van der Waals surface area contributed by atoms with Crippen LogP contribution < -0.4 is 5.32 Å². The number of pyridine rings is 1. The molecule has 4 nitrogen and oxygen atoms in total. The summed E-state index contributed by atoms with van der Waals surface area (Å²) >= 11 is 1.65. The molecule has 5 heteroatoms. The second kappa shape index (κ2) is 7.22. The number of anilines is 1. The molecule has 0 radical (unpaired) electrons. The zero-order valence-corrected chi connectivity index (χ0v) is 13.5. The average molecular weight is 303 g/mol. The van der Waals surface area contributed by atoms with Gasteiger partial charge in [0.1, 0.15) is 5.82 Å². The molecule has 0 saturated heterocycles. The molecule has 0 aliphatic rings. The molecular weight excluding hydrogens is 282 g/mol. The van der Waals surface area contributed by atoms with E-state index in [1.54, 1.807) is 30.6 Å². The number of carbonyl (C=O) groups excluding carboxylic acids is 1. The molecule has 0 unspecified atom stereocenters. The molecule has 2 rings (SSSR count). The number of carbonyl (C=O) groups is 1. The quantitative estimate of drug-likeness (QED) is 0.886. The summed E-state index contributed by atoms with van der Waals surface area (Å²) in [5, 5.41) is 7.12.